The van der Waals surface area contributed by atoms with Crippen molar-refractivity contribution in [2.24, 2.45) is 0 Å². The van der Waals surface area contributed by atoms with Crippen LogP contribution in [0, 0.1) is 5.82 Å². The fourth-order valence-electron chi connectivity index (χ4n) is 2.82. The molecule has 0 bridgehead atoms. The number of H-pyrrole nitrogens is 1. The average Bonchev–Trinajstić information content (AvgIpc) is 3.26. The van der Waals surface area contributed by atoms with E-state index in [2.05, 4.69) is 10.2 Å². The monoisotopic (exact) mass is 314 g/mol. The van der Waals surface area contributed by atoms with Crippen LogP contribution >= 0.6 is 11.6 Å². The minimum Gasteiger partial charge on any atom is -0.287 e. The van der Waals surface area contributed by atoms with Crippen LogP contribution < -0.4 is 0 Å². The molecule has 1 aliphatic rings. The summed E-state index contributed by atoms with van der Waals surface area (Å²) in [5.41, 5.74) is 1.92. The van der Waals surface area contributed by atoms with Gasteiger partial charge in [-0.3, -0.25) is 9.89 Å². The van der Waals surface area contributed by atoms with Gasteiger partial charge in [-0.2, -0.15) is 5.10 Å². The molecule has 1 aliphatic carbocycles. The summed E-state index contributed by atoms with van der Waals surface area (Å²) in [6.07, 6.45) is 2.14. The third-order valence-corrected chi connectivity index (χ3v) is 4.37. The fourth-order valence-corrected chi connectivity index (χ4v) is 3.08. The molecule has 3 nitrogen and oxygen atoms in total. The topological polar surface area (TPSA) is 45.8 Å². The Hall–Kier alpha value is -2.20. The second-order valence-corrected chi connectivity index (χ2v) is 5.95. The van der Waals surface area contributed by atoms with Gasteiger partial charge in [-0.15, -0.1) is 0 Å². The molecule has 0 atom stereocenters. The van der Waals surface area contributed by atoms with Crippen molar-refractivity contribution in [2.75, 3.05) is 0 Å². The number of aromatic nitrogens is 2. The van der Waals surface area contributed by atoms with Crippen LogP contribution in [0.2, 0.25) is 5.02 Å². The first-order valence-corrected chi connectivity index (χ1v) is 7.50. The molecule has 1 saturated carbocycles. The van der Waals surface area contributed by atoms with E-state index in [1.165, 1.54) is 6.07 Å². The standard InChI is InChI=1S/C17H12ClFN2O/c18-12-5-1-3-10(9-7-8-9)14(12)17(22)16-11-4-2-6-13(19)15(11)20-21-16/h1-6,9H,7-8H2,(H,20,21). The maximum absolute atomic E-state index is 13.7. The smallest absolute Gasteiger partial charge is 0.213 e. The zero-order valence-electron chi connectivity index (χ0n) is 11.6. The number of benzene rings is 2. The minimum atomic E-state index is -0.450. The number of aromatic amines is 1. The summed E-state index contributed by atoms with van der Waals surface area (Å²) < 4.78 is 13.7. The molecule has 1 fully saturated rings. The lowest BCUT2D eigenvalue weighted by Gasteiger charge is -2.09. The molecule has 0 saturated heterocycles. The fraction of sp³-hybridized carbons (Fsp3) is 0.176. The number of carbonyl (C=O) groups is 1. The highest BCUT2D eigenvalue weighted by atomic mass is 35.5. The van der Waals surface area contributed by atoms with Crippen molar-refractivity contribution in [1.29, 1.82) is 0 Å². The second kappa shape index (κ2) is 4.92. The lowest BCUT2D eigenvalue weighted by atomic mass is 9.97. The molecule has 0 aliphatic heterocycles. The first kappa shape index (κ1) is 13.5. The second-order valence-electron chi connectivity index (χ2n) is 5.54. The number of rotatable bonds is 3. The molecule has 4 rings (SSSR count). The van der Waals surface area contributed by atoms with E-state index in [9.17, 15) is 9.18 Å². The zero-order valence-corrected chi connectivity index (χ0v) is 12.3. The molecule has 1 aromatic heterocycles. The Kier molecular flexibility index (Phi) is 3.01. The number of ketones is 1. The third kappa shape index (κ3) is 2.03. The molecule has 0 unspecified atom stereocenters. The van der Waals surface area contributed by atoms with Crippen LogP contribution in [0.5, 0.6) is 0 Å². The highest BCUT2D eigenvalue weighted by molar-refractivity contribution is 6.35. The summed E-state index contributed by atoms with van der Waals surface area (Å²) in [6.45, 7) is 0. The summed E-state index contributed by atoms with van der Waals surface area (Å²) in [6, 6.07) is 10.1. The van der Waals surface area contributed by atoms with Gasteiger partial charge in [0.25, 0.3) is 0 Å². The van der Waals surface area contributed by atoms with Crippen LogP contribution in [-0.2, 0) is 0 Å². The molecule has 5 heteroatoms. The van der Waals surface area contributed by atoms with E-state index < -0.39 is 5.82 Å². The van der Waals surface area contributed by atoms with Gasteiger partial charge in [-0.05, 0) is 36.5 Å². The summed E-state index contributed by atoms with van der Waals surface area (Å²) in [4.78, 5) is 12.9. The Labute approximate surface area is 131 Å². The Morgan fingerprint density at radius 3 is 2.77 bits per heavy atom. The number of hydrogen-bond acceptors (Lipinski definition) is 2. The predicted octanol–water partition coefficient (Wildman–Crippen LogP) is 4.46. The lowest BCUT2D eigenvalue weighted by molar-refractivity contribution is 0.103. The summed E-state index contributed by atoms with van der Waals surface area (Å²) in [5, 5.41) is 7.49. The van der Waals surface area contributed by atoms with Gasteiger partial charge in [0.2, 0.25) is 5.78 Å². The van der Waals surface area contributed by atoms with Crippen LogP contribution in [0.1, 0.15) is 40.4 Å². The maximum atomic E-state index is 13.7. The van der Waals surface area contributed by atoms with E-state index in [0.717, 1.165) is 18.4 Å². The summed E-state index contributed by atoms with van der Waals surface area (Å²) in [7, 11) is 0. The van der Waals surface area contributed by atoms with Gasteiger partial charge in [0.15, 0.2) is 5.82 Å². The molecule has 22 heavy (non-hydrogen) atoms. The summed E-state index contributed by atoms with van der Waals surface area (Å²) in [5.74, 6) is -0.293. The van der Waals surface area contributed by atoms with Crippen molar-refractivity contribution >= 4 is 28.3 Å². The molecule has 0 radical (unpaired) electrons. The molecule has 110 valence electrons. The van der Waals surface area contributed by atoms with E-state index in [1.54, 1.807) is 18.2 Å². The van der Waals surface area contributed by atoms with Crippen LogP contribution in [0.25, 0.3) is 10.9 Å². The van der Waals surface area contributed by atoms with Gasteiger partial charge >= 0.3 is 0 Å². The highest BCUT2D eigenvalue weighted by Gasteiger charge is 2.30. The van der Waals surface area contributed by atoms with Gasteiger partial charge in [0.1, 0.15) is 11.2 Å². The van der Waals surface area contributed by atoms with Crippen LogP contribution in [0.4, 0.5) is 4.39 Å². The molecule has 2 aromatic carbocycles. The van der Waals surface area contributed by atoms with Gasteiger partial charge in [0.05, 0.1) is 5.02 Å². The van der Waals surface area contributed by atoms with E-state index in [-0.39, 0.29) is 17.0 Å². The van der Waals surface area contributed by atoms with Crippen LogP contribution in [0.15, 0.2) is 36.4 Å². The van der Waals surface area contributed by atoms with Crippen LogP contribution in [-0.4, -0.2) is 16.0 Å². The van der Waals surface area contributed by atoms with E-state index in [1.807, 2.05) is 12.1 Å². The van der Waals surface area contributed by atoms with Crippen molar-refractivity contribution in [3.05, 3.63) is 64.1 Å². The highest BCUT2D eigenvalue weighted by Crippen LogP contribution is 2.43. The molecule has 0 amide bonds. The van der Waals surface area contributed by atoms with Gasteiger partial charge in [-0.25, -0.2) is 4.39 Å². The quantitative estimate of drug-likeness (QED) is 0.725. The Morgan fingerprint density at radius 2 is 2.00 bits per heavy atom. The van der Waals surface area contributed by atoms with E-state index >= 15 is 0 Å². The molecule has 3 aromatic rings. The van der Waals surface area contributed by atoms with Crippen LogP contribution in [0.3, 0.4) is 0 Å². The number of nitrogens with zero attached hydrogens (tertiary/aromatic N) is 1. The molecular weight excluding hydrogens is 303 g/mol. The molecule has 1 heterocycles. The van der Waals surface area contributed by atoms with Crippen molar-refractivity contribution in [2.45, 2.75) is 18.8 Å². The Morgan fingerprint density at radius 1 is 1.23 bits per heavy atom. The maximum Gasteiger partial charge on any atom is 0.213 e. The van der Waals surface area contributed by atoms with Crippen molar-refractivity contribution in [3.8, 4) is 0 Å². The van der Waals surface area contributed by atoms with Crippen molar-refractivity contribution in [1.82, 2.24) is 10.2 Å². The first-order chi connectivity index (χ1) is 10.7. The number of halogens is 2. The molecule has 1 N–H and O–H groups in total. The number of nitrogens with one attached hydrogen (secondary N) is 1. The molecule has 0 spiro atoms. The van der Waals surface area contributed by atoms with Gasteiger partial charge < -0.3 is 0 Å². The van der Waals surface area contributed by atoms with Crippen molar-refractivity contribution in [3.63, 3.8) is 0 Å². The zero-order chi connectivity index (χ0) is 15.3. The number of para-hydroxylation sites is 1. The number of fused-ring (bicyclic) bond motifs is 1. The number of hydrogen-bond donors (Lipinski definition) is 1. The third-order valence-electron chi connectivity index (χ3n) is 4.05. The molecular formula is C17H12ClFN2O. The predicted molar refractivity (Wildman–Crippen MR) is 82.9 cm³/mol. The normalized spacial score (nSPS) is 14.5. The Balaban J connectivity index is 1.90. The minimum absolute atomic E-state index is 0.172. The number of carbonyl (C=O) groups excluding carboxylic acids is 1. The van der Waals surface area contributed by atoms with E-state index in [0.29, 0.717) is 21.9 Å². The SMILES string of the molecule is O=C(c1c(Cl)cccc1C1CC1)c1[nH]nc2c(F)cccc12. The average molecular weight is 315 g/mol. The summed E-state index contributed by atoms with van der Waals surface area (Å²) >= 11 is 6.27. The van der Waals surface area contributed by atoms with E-state index in [4.69, 9.17) is 11.6 Å². The first-order valence-electron chi connectivity index (χ1n) is 7.12. The lowest BCUT2D eigenvalue weighted by Crippen LogP contribution is -2.07. The largest absolute Gasteiger partial charge is 0.287 e. The van der Waals surface area contributed by atoms with Crippen molar-refractivity contribution < 1.29 is 9.18 Å². The van der Waals surface area contributed by atoms with Gasteiger partial charge in [-0.1, -0.05) is 35.9 Å². The Bertz CT molecular complexity index is 899. The van der Waals surface area contributed by atoms with Gasteiger partial charge in [0, 0.05) is 10.9 Å².